The van der Waals surface area contributed by atoms with Gasteiger partial charge in [-0.15, -0.1) is 0 Å². The summed E-state index contributed by atoms with van der Waals surface area (Å²) in [5.41, 5.74) is 0.988. The van der Waals surface area contributed by atoms with Crippen molar-refractivity contribution in [2.75, 3.05) is 11.8 Å². The molecule has 3 rings (SSSR count). The molecular weight excluding hydrogens is 372 g/mol. The van der Waals surface area contributed by atoms with Gasteiger partial charge in [0, 0.05) is 13.2 Å². The number of hydrogen-bond acceptors (Lipinski definition) is 6. The lowest BCUT2D eigenvalue weighted by atomic mass is 10.1. The molecule has 10 heteroatoms. The number of methoxy groups -OCH3 is 1. The lowest BCUT2D eigenvalue weighted by molar-refractivity contribution is 0.0698. The van der Waals surface area contributed by atoms with Crippen LogP contribution in [-0.4, -0.2) is 41.4 Å². The number of fused-ring (bicyclic) bond motifs is 1. The second-order valence-electron chi connectivity index (χ2n) is 6.00. The Bertz CT molecular complexity index is 1170. The predicted molar refractivity (Wildman–Crippen MR) is 98.7 cm³/mol. The van der Waals surface area contributed by atoms with Crippen molar-refractivity contribution in [2.24, 2.45) is 7.05 Å². The lowest BCUT2D eigenvalue weighted by Crippen LogP contribution is -2.17. The molecule has 0 amide bonds. The molecule has 9 nitrogen and oxygen atoms in total. The molecule has 1 aromatic carbocycles. The number of nitrogens with one attached hydrogen (secondary N) is 1. The number of aromatic carboxylic acids is 1. The van der Waals surface area contributed by atoms with Crippen molar-refractivity contribution in [3.63, 3.8) is 0 Å². The number of anilines is 1. The summed E-state index contributed by atoms with van der Waals surface area (Å²) < 4.78 is 34.9. The first-order valence-electron chi connectivity index (χ1n) is 7.88. The Balaban J connectivity index is 2.21. The molecule has 3 aromatic rings. The van der Waals surface area contributed by atoms with Gasteiger partial charge in [0.1, 0.15) is 11.3 Å². The first kappa shape index (κ1) is 18.6. The first-order valence-corrected chi connectivity index (χ1v) is 9.37. The van der Waals surface area contributed by atoms with E-state index in [0.717, 1.165) is 6.20 Å². The number of aromatic nitrogens is 3. The Kier molecular flexibility index (Phi) is 4.52. The van der Waals surface area contributed by atoms with Gasteiger partial charge in [0.25, 0.3) is 10.0 Å². The fourth-order valence-electron chi connectivity index (χ4n) is 2.92. The summed E-state index contributed by atoms with van der Waals surface area (Å²) in [5, 5.41) is 14.0. The van der Waals surface area contributed by atoms with Crippen LogP contribution >= 0.6 is 0 Å². The van der Waals surface area contributed by atoms with Gasteiger partial charge in [0.15, 0.2) is 5.65 Å². The van der Waals surface area contributed by atoms with Gasteiger partial charge in [-0.2, -0.15) is 5.10 Å². The van der Waals surface area contributed by atoms with Crippen LogP contribution in [0.2, 0.25) is 0 Å². The van der Waals surface area contributed by atoms with Crippen LogP contribution in [0, 0.1) is 13.8 Å². The van der Waals surface area contributed by atoms with Gasteiger partial charge in [-0.1, -0.05) is 0 Å². The number of ether oxygens (including phenoxy) is 1. The maximum absolute atomic E-state index is 13.0. The molecule has 0 unspecified atom stereocenters. The van der Waals surface area contributed by atoms with Crippen LogP contribution in [0.25, 0.3) is 11.0 Å². The van der Waals surface area contributed by atoms with Crippen molar-refractivity contribution in [1.29, 1.82) is 0 Å². The molecule has 0 fully saturated rings. The minimum atomic E-state index is -4.06. The molecule has 0 saturated heterocycles. The molecule has 2 N–H and O–H groups in total. The minimum absolute atomic E-state index is 0.0196. The van der Waals surface area contributed by atoms with Gasteiger partial charge < -0.3 is 9.84 Å². The second kappa shape index (κ2) is 6.54. The van der Waals surface area contributed by atoms with E-state index in [1.807, 2.05) is 0 Å². The number of nitrogens with zero attached hydrogens (tertiary/aromatic N) is 3. The molecule has 27 heavy (non-hydrogen) atoms. The van der Waals surface area contributed by atoms with Gasteiger partial charge in [-0.05, 0) is 37.6 Å². The van der Waals surface area contributed by atoms with Gasteiger partial charge in [-0.25, -0.2) is 18.2 Å². The number of rotatable bonds is 5. The molecule has 0 aliphatic rings. The van der Waals surface area contributed by atoms with E-state index >= 15 is 0 Å². The Hall–Kier alpha value is -3.14. The Morgan fingerprint density at radius 3 is 2.59 bits per heavy atom. The molecular formula is C17H18N4O5S. The molecule has 0 aliphatic heterocycles. The summed E-state index contributed by atoms with van der Waals surface area (Å²) in [7, 11) is -0.925. The van der Waals surface area contributed by atoms with Crippen LogP contribution in [-0.2, 0) is 17.1 Å². The van der Waals surface area contributed by atoms with Crippen molar-refractivity contribution in [2.45, 2.75) is 18.7 Å². The zero-order valence-electron chi connectivity index (χ0n) is 15.1. The van der Waals surface area contributed by atoms with Gasteiger partial charge >= 0.3 is 5.97 Å². The first-order chi connectivity index (χ1) is 12.7. The van der Waals surface area contributed by atoms with Crippen molar-refractivity contribution >= 4 is 32.7 Å². The second-order valence-corrected chi connectivity index (χ2v) is 7.65. The highest BCUT2D eigenvalue weighted by molar-refractivity contribution is 7.92. The number of pyridine rings is 1. The van der Waals surface area contributed by atoms with Gasteiger partial charge in [-0.3, -0.25) is 9.40 Å². The zero-order chi connectivity index (χ0) is 19.9. The highest BCUT2D eigenvalue weighted by Crippen LogP contribution is 2.31. The molecule has 0 radical (unpaired) electrons. The van der Waals surface area contributed by atoms with Gasteiger partial charge in [0.05, 0.1) is 28.8 Å². The maximum Gasteiger partial charge on any atom is 0.339 e. The van der Waals surface area contributed by atoms with E-state index in [2.05, 4.69) is 14.8 Å². The number of sulfonamides is 1. The third kappa shape index (κ3) is 3.19. The summed E-state index contributed by atoms with van der Waals surface area (Å²) >= 11 is 0. The number of benzene rings is 1. The summed E-state index contributed by atoms with van der Waals surface area (Å²) in [4.78, 5) is 15.8. The minimum Gasteiger partial charge on any atom is -0.497 e. The van der Waals surface area contributed by atoms with E-state index in [1.54, 1.807) is 27.0 Å². The van der Waals surface area contributed by atoms with Crippen LogP contribution in [0.1, 0.15) is 21.6 Å². The molecule has 0 spiro atoms. The number of hydrogen-bond donors (Lipinski definition) is 2. The van der Waals surface area contributed by atoms with Crippen LogP contribution in [0.15, 0.2) is 29.3 Å². The zero-order valence-corrected chi connectivity index (χ0v) is 16.0. The fraction of sp³-hybridized carbons (Fsp3) is 0.235. The van der Waals surface area contributed by atoms with Crippen molar-refractivity contribution in [1.82, 2.24) is 14.8 Å². The smallest absolute Gasteiger partial charge is 0.339 e. The predicted octanol–water partition coefficient (Wildman–Crippen LogP) is 2.09. The summed E-state index contributed by atoms with van der Waals surface area (Å²) in [6.07, 6.45) is 1.12. The van der Waals surface area contributed by atoms with E-state index in [0.29, 0.717) is 28.0 Å². The number of carbonyl (C=O) groups is 1. The number of carboxylic acid groups (broad SMARTS) is 1. The largest absolute Gasteiger partial charge is 0.497 e. The SMILES string of the molecule is COc1ccc(S(=O)(=O)Nc2c(C(=O)O)cnc3c2c(C)nn3C)c(C)c1. The Morgan fingerprint density at radius 1 is 1.30 bits per heavy atom. The summed E-state index contributed by atoms with van der Waals surface area (Å²) in [5.74, 6) is -0.774. The van der Waals surface area contributed by atoms with Gasteiger partial charge in [0.2, 0.25) is 0 Å². The Morgan fingerprint density at radius 2 is 2.00 bits per heavy atom. The van der Waals surface area contributed by atoms with E-state index in [9.17, 15) is 18.3 Å². The van der Waals surface area contributed by atoms with Crippen LogP contribution in [0.5, 0.6) is 5.75 Å². The quantitative estimate of drug-likeness (QED) is 0.684. The van der Waals surface area contributed by atoms with E-state index in [-0.39, 0.29) is 16.1 Å². The molecule has 0 aliphatic carbocycles. The number of aryl methyl sites for hydroxylation is 3. The monoisotopic (exact) mass is 390 g/mol. The lowest BCUT2D eigenvalue weighted by Gasteiger charge is -2.14. The highest BCUT2D eigenvalue weighted by atomic mass is 32.2. The van der Waals surface area contributed by atoms with E-state index in [1.165, 1.54) is 23.9 Å². The van der Waals surface area contributed by atoms with Crippen LogP contribution in [0.3, 0.4) is 0 Å². The molecule has 0 bridgehead atoms. The molecule has 2 aromatic heterocycles. The fourth-order valence-corrected chi connectivity index (χ4v) is 4.24. The van der Waals surface area contributed by atoms with Crippen molar-refractivity contribution < 1.29 is 23.1 Å². The van der Waals surface area contributed by atoms with Crippen molar-refractivity contribution in [3.8, 4) is 5.75 Å². The summed E-state index contributed by atoms with van der Waals surface area (Å²) in [6.45, 7) is 3.29. The average Bonchev–Trinajstić information content (AvgIpc) is 2.88. The van der Waals surface area contributed by atoms with E-state index in [4.69, 9.17) is 4.74 Å². The topological polar surface area (TPSA) is 123 Å². The Labute approximate surface area is 155 Å². The molecule has 2 heterocycles. The maximum atomic E-state index is 13.0. The normalized spacial score (nSPS) is 11.6. The van der Waals surface area contributed by atoms with Crippen LogP contribution in [0.4, 0.5) is 5.69 Å². The third-order valence-electron chi connectivity index (χ3n) is 4.17. The highest BCUT2D eigenvalue weighted by Gasteiger charge is 2.25. The average molecular weight is 390 g/mol. The molecule has 0 atom stereocenters. The van der Waals surface area contributed by atoms with Crippen LogP contribution < -0.4 is 9.46 Å². The standard InChI is InChI=1S/C17H18N4O5S/c1-9-7-11(26-4)5-6-13(9)27(24,25)20-15-12(17(22)23)8-18-16-14(15)10(2)19-21(16)3/h5-8H,1-4H3,(H,18,20)(H,22,23). The summed E-state index contributed by atoms with van der Waals surface area (Å²) in [6, 6.07) is 4.52. The van der Waals surface area contributed by atoms with Crippen molar-refractivity contribution in [3.05, 3.63) is 41.2 Å². The third-order valence-corrected chi connectivity index (χ3v) is 5.68. The number of carboxylic acids is 1. The van der Waals surface area contributed by atoms with E-state index < -0.39 is 16.0 Å². The molecule has 0 saturated carbocycles. The molecule has 142 valence electrons.